The van der Waals surface area contributed by atoms with Crippen molar-refractivity contribution in [3.05, 3.63) is 103 Å². The summed E-state index contributed by atoms with van der Waals surface area (Å²) >= 11 is 1.13. The van der Waals surface area contributed by atoms with E-state index in [0.29, 0.717) is 12.2 Å². The van der Waals surface area contributed by atoms with Crippen molar-refractivity contribution < 1.29 is 22.7 Å². The second-order valence-corrected chi connectivity index (χ2v) is 9.36. The Labute approximate surface area is 222 Å². The van der Waals surface area contributed by atoms with Crippen LogP contribution in [0.5, 0.6) is 5.75 Å². The average molecular weight is 553 g/mol. The van der Waals surface area contributed by atoms with E-state index >= 15 is 0 Å². The van der Waals surface area contributed by atoms with E-state index in [9.17, 15) is 27.6 Å². The van der Waals surface area contributed by atoms with Crippen molar-refractivity contribution in [3.63, 3.8) is 0 Å². The summed E-state index contributed by atoms with van der Waals surface area (Å²) in [4.78, 5) is 41.1. The number of aromatic nitrogens is 1. The van der Waals surface area contributed by atoms with Crippen molar-refractivity contribution in [1.82, 2.24) is 4.98 Å². The summed E-state index contributed by atoms with van der Waals surface area (Å²) in [5.74, 6) is -0.900. The van der Waals surface area contributed by atoms with Crippen LogP contribution in [0.1, 0.15) is 20.8 Å². The Morgan fingerprint density at radius 3 is 2.56 bits per heavy atom. The molecule has 2 heterocycles. The number of nitrogens with zero attached hydrogens (tertiary/aromatic N) is 1. The number of halogens is 3. The maximum Gasteiger partial charge on any atom is 0.416 e. The van der Waals surface area contributed by atoms with Crippen LogP contribution >= 0.6 is 11.3 Å². The molecule has 3 aromatic carbocycles. The van der Waals surface area contributed by atoms with Crippen LogP contribution in [0.15, 0.2) is 75.8 Å². The molecule has 0 bridgehead atoms. The minimum atomic E-state index is -4.74. The second kappa shape index (κ2) is 10.2. The van der Waals surface area contributed by atoms with Gasteiger partial charge in [0, 0.05) is 29.5 Å². The number of amides is 1. The van der Waals surface area contributed by atoms with E-state index in [2.05, 4.69) is 20.9 Å². The first kappa shape index (κ1) is 25.9. The summed E-state index contributed by atoms with van der Waals surface area (Å²) < 4.78 is 45.6. The first-order valence-electron chi connectivity index (χ1n) is 11.5. The SMILES string of the molecule is COc1c(Nc2cc(NC(=O)c3sccc3NCc3ccnc4ccccc34)cc(C(F)(F)F)c2)c(=O)c1=O. The number of thiophene rings is 1. The molecule has 12 heteroatoms. The van der Waals surface area contributed by atoms with Crippen molar-refractivity contribution in [3.8, 4) is 5.75 Å². The van der Waals surface area contributed by atoms with E-state index in [1.807, 2.05) is 30.3 Å². The highest BCUT2D eigenvalue weighted by Crippen LogP contribution is 2.35. The van der Waals surface area contributed by atoms with Crippen molar-refractivity contribution in [2.45, 2.75) is 12.7 Å². The lowest BCUT2D eigenvalue weighted by Gasteiger charge is -2.16. The molecular formula is C27H19F3N4O4S. The number of alkyl halides is 3. The molecule has 5 aromatic rings. The molecule has 198 valence electrons. The topological polar surface area (TPSA) is 109 Å². The molecule has 3 N–H and O–H groups in total. The van der Waals surface area contributed by atoms with Gasteiger partial charge in [-0.2, -0.15) is 13.2 Å². The minimum Gasteiger partial charge on any atom is -0.491 e. The molecule has 0 saturated carbocycles. The minimum absolute atomic E-state index is 0.153. The Balaban J connectivity index is 1.38. The van der Waals surface area contributed by atoms with Crippen LogP contribution in [0.3, 0.4) is 0 Å². The standard InChI is InChI=1S/C27H19F3N4O4S/c1-38-24-21(22(35)23(24)36)33-16-10-15(27(28,29)30)11-17(12-16)34-26(37)25-20(7-9-39-25)32-13-14-6-8-31-19-5-3-2-4-18(14)19/h2-12,32-33H,13H2,1H3,(H,34,37). The maximum absolute atomic E-state index is 13.6. The largest absolute Gasteiger partial charge is 0.491 e. The molecule has 0 aliphatic heterocycles. The Kier molecular flexibility index (Phi) is 6.79. The van der Waals surface area contributed by atoms with Gasteiger partial charge in [-0.15, -0.1) is 11.3 Å². The monoisotopic (exact) mass is 552 g/mol. The van der Waals surface area contributed by atoms with Crippen molar-refractivity contribution in [1.29, 1.82) is 0 Å². The zero-order valence-electron chi connectivity index (χ0n) is 20.2. The van der Waals surface area contributed by atoms with E-state index in [-0.39, 0.29) is 27.7 Å². The molecule has 2 aromatic heterocycles. The van der Waals surface area contributed by atoms with Gasteiger partial charge in [-0.1, -0.05) is 18.2 Å². The number of carbonyl (C=O) groups excluding carboxylic acids is 1. The number of hydrogen-bond acceptors (Lipinski definition) is 8. The van der Waals surface area contributed by atoms with Gasteiger partial charge in [-0.3, -0.25) is 19.4 Å². The summed E-state index contributed by atoms with van der Waals surface area (Å²) in [5, 5.41) is 10.9. The molecule has 0 unspecified atom stereocenters. The zero-order valence-corrected chi connectivity index (χ0v) is 21.0. The van der Waals surface area contributed by atoms with E-state index in [0.717, 1.165) is 39.9 Å². The molecule has 8 nitrogen and oxygen atoms in total. The van der Waals surface area contributed by atoms with Crippen molar-refractivity contribution in [2.75, 3.05) is 23.1 Å². The average Bonchev–Trinajstić information content (AvgIpc) is 3.40. The fraction of sp³-hybridized carbons (Fsp3) is 0.111. The number of methoxy groups -OCH3 is 1. The van der Waals surface area contributed by atoms with E-state index in [1.165, 1.54) is 13.2 Å². The highest BCUT2D eigenvalue weighted by atomic mass is 32.1. The van der Waals surface area contributed by atoms with E-state index in [4.69, 9.17) is 4.74 Å². The van der Waals surface area contributed by atoms with Gasteiger partial charge in [0.2, 0.25) is 0 Å². The maximum atomic E-state index is 13.6. The van der Waals surface area contributed by atoms with Gasteiger partial charge in [0.25, 0.3) is 16.8 Å². The van der Waals surface area contributed by atoms with Crippen molar-refractivity contribution >= 4 is 50.9 Å². The number of nitrogens with one attached hydrogen (secondary N) is 3. The summed E-state index contributed by atoms with van der Waals surface area (Å²) in [7, 11) is 1.17. The summed E-state index contributed by atoms with van der Waals surface area (Å²) in [5.41, 5.74) is -1.12. The molecule has 0 aliphatic rings. The number of carbonyl (C=O) groups is 1. The van der Waals surface area contributed by atoms with Crippen LogP contribution in [-0.4, -0.2) is 18.0 Å². The predicted molar refractivity (Wildman–Crippen MR) is 144 cm³/mol. The molecule has 39 heavy (non-hydrogen) atoms. The van der Waals surface area contributed by atoms with E-state index in [1.54, 1.807) is 17.6 Å². The molecule has 0 atom stereocenters. The number of anilines is 4. The van der Waals surface area contributed by atoms with Crippen LogP contribution in [0.25, 0.3) is 10.9 Å². The van der Waals surface area contributed by atoms with Gasteiger partial charge in [-0.05, 0) is 47.3 Å². The summed E-state index contributed by atoms with van der Waals surface area (Å²) in [6.45, 7) is 0.390. The smallest absolute Gasteiger partial charge is 0.416 e. The molecule has 0 radical (unpaired) electrons. The first-order chi connectivity index (χ1) is 18.7. The molecule has 1 amide bonds. The Hall–Kier alpha value is -4.71. The van der Waals surface area contributed by atoms with Crippen LogP contribution in [-0.2, 0) is 12.7 Å². The number of hydrogen-bond donors (Lipinski definition) is 3. The number of pyridine rings is 1. The molecule has 0 spiro atoms. The molecule has 5 rings (SSSR count). The highest BCUT2D eigenvalue weighted by molar-refractivity contribution is 7.12. The van der Waals surface area contributed by atoms with Gasteiger partial charge in [0.15, 0.2) is 5.75 Å². The van der Waals surface area contributed by atoms with Gasteiger partial charge < -0.3 is 20.7 Å². The lowest BCUT2D eigenvalue weighted by Crippen LogP contribution is -2.34. The van der Waals surface area contributed by atoms with Gasteiger partial charge in [0.05, 0.1) is 23.9 Å². The third-order valence-corrected chi connectivity index (χ3v) is 6.85. The quantitative estimate of drug-likeness (QED) is 0.217. The molecule has 0 saturated heterocycles. The number of ether oxygens (including phenoxy) is 1. The molecule has 0 aliphatic carbocycles. The third-order valence-electron chi connectivity index (χ3n) is 5.94. The lowest BCUT2D eigenvalue weighted by molar-refractivity contribution is -0.137. The van der Waals surface area contributed by atoms with Crippen LogP contribution in [0.4, 0.5) is 35.9 Å². The van der Waals surface area contributed by atoms with Gasteiger partial charge >= 0.3 is 6.18 Å². The highest BCUT2D eigenvalue weighted by Gasteiger charge is 2.32. The summed E-state index contributed by atoms with van der Waals surface area (Å²) in [6, 6.07) is 14.0. The zero-order chi connectivity index (χ0) is 27.7. The number of para-hydroxylation sites is 1. The Morgan fingerprint density at radius 1 is 1.03 bits per heavy atom. The lowest BCUT2D eigenvalue weighted by atomic mass is 10.1. The van der Waals surface area contributed by atoms with Crippen LogP contribution in [0.2, 0.25) is 0 Å². The van der Waals surface area contributed by atoms with Gasteiger partial charge in [0.1, 0.15) is 10.6 Å². The fourth-order valence-corrected chi connectivity index (χ4v) is 4.84. The first-order valence-corrected chi connectivity index (χ1v) is 12.4. The van der Waals surface area contributed by atoms with Crippen molar-refractivity contribution in [2.24, 2.45) is 0 Å². The van der Waals surface area contributed by atoms with Crippen LogP contribution in [0, 0.1) is 0 Å². The third kappa shape index (κ3) is 5.18. The molecular weight excluding hydrogens is 533 g/mol. The Morgan fingerprint density at radius 2 is 1.79 bits per heavy atom. The number of benzene rings is 2. The molecule has 0 fully saturated rings. The fourth-order valence-electron chi connectivity index (χ4n) is 4.07. The predicted octanol–water partition coefficient (Wildman–Crippen LogP) is 5.53. The van der Waals surface area contributed by atoms with Crippen LogP contribution < -0.4 is 31.5 Å². The number of fused-ring (bicyclic) bond motifs is 1. The van der Waals surface area contributed by atoms with E-state index < -0.39 is 28.5 Å². The van der Waals surface area contributed by atoms with Gasteiger partial charge in [-0.25, -0.2) is 0 Å². The second-order valence-electron chi connectivity index (χ2n) is 8.45. The normalized spacial score (nSPS) is 11.5. The Bertz CT molecular complexity index is 1770. The number of rotatable bonds is 8. The summed E-state index contributed by atoms with van der Waals surface area (Å²) in [6.07, 6.45) is -3.05.